The number of hydrogen-bond donors (Lipinski definition) is 2. The normalized spacial score (nSPS) is 19.7. The van der Waals surface area contributed by atoms with E-state index in [1.807, 2.05) is 44.1 Å². The van der Waals surface area contributed by atoms with Crippen LogP contribution in [0.3, 0.4) is 0 Å². The van der Waals surface area contributed by atoms with Crippen molar-refractivity contribution in [1.82, 2.24) is 9.88 Å². The van der Waals surface area contributed by atoms with Crippen molar-refractivity contribution in [2.75, 3.05) is 18.0 Å². The van der Waals surface area contributed by atoms with Gasteiger partial charge in [-0.05, 0) is 77.0 Å². The predicted molar refractivity (Wildman–Crippen MR) is 128 cm³/mol. The third-order valence-corrected chi connectivity index (χ3v) is 6.71. The standard InChI is InChI=1S/C25H35FN4O3/c1-14-22-19(17(12-27)10-21(31)30(22)18-6-7-18)11-20(26)23(14)29-9-8-16(13-29)15(2)28-24(32)33-25(3,4)5/h10-11,15-16,18H,6-9,12-13,27H2,1-5H3,(H,28,32)/t15-,16+/m0/s1. The lowest BCUT2D eigenvalue weighted by Gasteiger charge is -2.27. The molecule has 1 saturated carbocycles. The molecule has 180 valence electrons. The lowest BCUT2D eigenvalue weighted by Crippen LogP contribution is -2.42. The van der Waals surface area contributed by atoms with Crippen molar-refractivity contribution < 1.29 is 13.9 Å². The van der Waals surface area contributed by atoms with Gasteiger partial charge >= 0.3 is 6.09 Å². The third kappa shape index (κ3) is 4.71. The fourth-order valence-corrected chi connectivity index (χ4v) is 4.98. The van der Waals surface area contributed by atoms with Gasteiger partial charge in [0.15, 0.2) is 0 Å². The van der Waals surface area contributed by atoms with Crippen molar-refractivity contribution in [3.63, 3.8) is 0 Å². The maximum Gasteiger partial charge on any atom is 0.407 e. The van der Waals surface area contributed by atoms with Gasteiger partial charge in [-0.2, -0.15) is 0 Å². The molecule has 0 radical (unpaired) electrons. The first-order chi connectivity index (χ1) is 15.5. The maximum absolute atomic E-state index is 15.5. The van der Waals surface area contributed by atoms with Gasteiger partial charge in [0.25, 0.3) is 5.56 Å². The summed E-state index contributed by atoms with van der Waals surface area (Å²) < 4.78 is 22.7. The van der Waals surface area contributed by atoms with Crippen LogP contribution < -0.4 is 21.5 Å². The average molecular weight is 459 g/mol. The number of alkyl carbamates (subject to hydrolysis) is 1. The summed E-state index contributed by atoms with van der Waals surface area (Å²) in [6, 6.07) is 3.15. The van der Waals surface area contributed by atoms with Gasteiger partial charge in [-0.15, -0.1) is 0 Å². The van der Waals surface area contributed by atoms with Gasteiger partial charge in [-0.25, -0.2) is 9.18 Å². The van der Waals surface area contributed by atoms with Gasteiger partial charge in [0.2, 0.25) is 0 Å². The van der Waals surface area contributed by atoms with E-state index in [1.54, 1.807) is 6.07 Å². The molecule has 4 rings (SSSR count). The Kier molecular flexibility index (Phi) is 6.16. The first-order valence-electron chi connectivity index (χ1n) is 11.8. The van der Waals surface area contributed by atoms with E-state index >= 15 is 4.39 Å². The number of rotatable bonds is 5. The second-order valence-electron chi connectivity index (χ2n) is 10.5. The molecule has 1 aliphatic carbocycles. The van der Waals surface area contributed by atoms with E-state index in [4.69, 9.17) is 10.5 Å². The highest BCUT2D eigenvalue weighted by Gasteiger charge is 2.33. The minimum Gasteiger partial charge on any atom is -0.444 e. The predicted octanol–water partition coefficient (Wildman–Crippen LogP) is 3.98. The molecule has 7 nitrogen and oxygen atoms in total. The minimum absolute atomic E-state index is 0.0689. The Hall–Kier alpha value is -2.61. The Morgan fingerprint density at radius 3 is 2.61 bits per heavy atom. The highest BCUT2D eigenvalue weighted by molar-refractivity contribution is 5.90. The second kappa shape index (κ2) is 8.63. The van der Waals surface area contributed by atoms with Crippen LogP contribution in [0.5, 0.6) is 0 Å². The van der Waals surface area contributed by atoms with Crippen molar-refractivity contribution in [2.45, 2.75) is 78.1 Å². The Bertz CT molecular complexity index is 1130. The summed E-state index contributed by atoms with van der Waals surface area (Å²) in [5.74, 6) is -0.142. The zero-order chi connectivity index (χ0) is 24.1. The molecule has 3 N–H and O–H groups in total. The molecule has 33 heavy (non-hydrogen) atoms. The number of anilines is 1. The van der Waals surface area contributed by atoms with Crippen molar-refractivity contribution in [3.05, 3.63) is 39.4 Å². The zero-order valence-corrected chi connectivity index (χ0v) is 20.2. The summed E-state index contributed by atoms with van der Waals surface area (Å²) in [6.45, 7) is 10.8. The molecule has 0 spiro atoms. The number of hydrogen-bond acceptors (Lipinski definition) is 5. The number of aromatic nitrogens is 1. The zero-order valence-electron chi connectivity index (χ0n) is 20.2. The average Bonchev–Trinajstić information content (AvgIpc) is 3.42. The molecule has 2 fully saturated rings. The number of ether oxygens (including phenoxy) is 1. The number of pyridine rings is 1. The van der Waals surface area contributed by atoms with Crippen LogP contribution in [-0.4, -0.2) is 35.4 Å². The first kappa shape index (κ1) is 23.5. The Labute approximate surface area is 194 Å². The molecule has 8 heteroatoms. The molecule has 1 aliphatic heterocycles. The summed E-state index contributed by atoms with van der Waals surface area (Å²) in [6.07, 6.45) is 2.31. The number of benzene rings is 1. The quantitative estimate of drug-likeness (QED) is 0.707. The number of nitrogens with two attached hydrogens (primary N) is 1. The van der Waals surface area contributed by atoms with Crippen LogP contribution in [-0.2, 0) is 11.3 Å². The number of amides is 1. The van der Waals surface area contributed by atoms with E-state index in [1.165, 1.54) is 6.07 Å². The third-order valence-electron chi connectivity index (χ3n) is 6.71. The van der Waals surface area contributed by atoms with Crippen LogP contribution in [0.1, 0.15) is 64.1 Å². The van der Waals surface area contributed by atoms with Gasteiger partial charge in [-0.3, -0.25) is 4.79 Å². The molecule has 1 aromatic carbocycles. The SMILES string of the molecule is Cc1c(N2CC[C@@H]([C@H](C)NC(=O)OC(C)(C)C)C2)c(F)cc2c(CN)cc(=O)n(C3CC3)c12. The summed E-state index contributed by atoms with van der Waals surface area (Å²) >= 11 is 0. The monoisotopic (exact) mass is 458 g/mol. The van der Waals surface area contributed by atoms with Crippen LogP contribution in [0.4, 0.5) is 14.9 Å². The van der Waals surface area contributed by atoms with Crippen LogP contribution in [0.2, 0.25) is 0 Å². The molecule has 1 aromatic heterocycles. The summed E-state index contributed by atoms with van der Waals surface area (Å²) in [4.78, 5) is 27.1. The summed E-state index contributed by atoms with van der Waals surface area (Å²) in [5.41, 5.74) is 8.05. The van der Waals surface area contributed by atoms with Crippen molar-refractivity contribution >= 4 is 22.7 Å². The van der Waals surface area contributed by atoms with Crippen LogP contribution in [0, 0.1) is 18.7 Å². The highest BCUT2D eigenvalue weighted by atomic mass is 19.1. The molecule has 2 atom stereocenters. The van der Waals surface area contributed by atoms with Gasteiger partial charge in [0.1, 0.15) is 11.4 Å². The lowest BCUT2D eigenvalue weighted by atomic mass is 10.0. The van der Waals surface area contributed by atoms with Crippen molar-refractivity contribution in [1.29, 1.82) is 0 Å². The molecule has 1 saturated heterocycles. The van der Waals surface area contributed by atoms with E-state index in [2.05, 4.69) is 5.32 Å². The smallest absolute Gasteiger partial charge is 0.407 e. The molecule has 0 unspecified atom stereocenters. The Morgan fingerprint density at radius 1 is 1.30 bits per heavy atom. The van der Waals surface area contributed by atoms with Gasteiger partial charge in [-0.1, -0.05) is 0 Å². The van der Waals surface area contributed by atoms with Crippen LogP contribution >= 0.6 is 0 Å². The fraction of sp³-hybridized carbons (Fsp3) is 0.600. The number of carbonyl (C=O) groups excluding carboxylic acids is 1. The summed E-state index contributed by atoms with van der Waals surface area (Å²) in [5, 5.41) is 3.64. The molecule has 2 aromatic rings. The van der Waals surface area contributed by atoms with E-state index in [-0.39, 0.29) is 35.9 Å². The van der Waals surface area contributed by atoms with Crippen LogP contribution in [0.25, 0.3) is 10.9 Å². The van der Waals surface area contributed by atoms with E-state index in [9.17, 15) is 9.59 Å². The topological polar surface area (TPSA) is 89.6 Å². The van der Waals surface area contributed by atoms with Gasteiger partial charge in [0.05, 0.1) is 11.2 Å². The second-order valence-corrected chi connectivity index (χ2v) is 10.5. The van der Waals surface area contributed by atoms with E-state index in [0.717, 1.165) is 35.7 Å². The van der Waals surface area contributed by atoms with Crippen LogP contribution in [0.15, 0.2) is 16.9 Å². The number of carbonyl (C=O) groups is 1. The number of aryl methyl sites for hydroxylation is 1. The first-order valence-corrected chi connectivity index (χ1v) is 11.8. The van der Waals surface area contributed by atoms with Gasteiger partial charge in [0, 0.05) is 43.2 Å². The number of halogens is 1. The number of nitrogens with zero attached hydrogens (tertiary/aromatic N) is 2. The molecule has 2 aliphatic rings. The van der Waals surface area contributed by atoms with E-state index in [0.29, 0.717) is 24.3 Å². The van der Waals surface area contributed by atoms with E-state index < -0.39 is 11.7 Å². The molecule has 2 heterocycles. The highest BCUT2D eigenvalue weighted by Crippen LogP contribution is 2.41. The maximum atomic E-state index is 15.5. The van der Waals surface area contributed by atoms with Crippen molar-refractivity contribution in [2.24, 2.45) is 11.7 Å². The largest absolute Gasteiger partial charge is 0.444 e. The molecule has 1 amide bonds. The summed E-state index contributed by atoms with van der Waals surface area (Å²) in [7, 11) is 0. The number of nitrogens with one attached hydrogen (secondary N) is 1. The molecular weight excluding hydrogens is 423 g/mol. The molecular formula is C25H35FN4O3. The van der Waals surface area contributed by atoms with Gasteiger partial charge < -0.3 is 25.3 Å². The minimum atomic E-state index is -0.559. The Balaban J connectivity index is 1.63. The fourth-order valence-electron chi connectivity index (χ4n) is 4.98. The number of fused-ring (bicyclic) bond motifs is 1. The molecule has 0 bridgehead atoms. The lowest BCUT2D eigenvalue weighted by molar-refractivity contribution is 0.0494. The Morgan fingerprint density at radius 2 is 2.00 bits per heavy atom. The van der Waals surface area contributed by atoms with Crippen molar-refractivity contribution in [3.8, 4) is 0 Å².